The summed E-state index contributed by atoms with van der Waals surface area (Å²) in [6.45, 7) is 2.01. The van der Waals surface area contributed by atoms with Gasteiger partial charge < -0.3 is 19.4 Å². The highest BCUT2D eigenvalue weighted by atomic mass is 16.7. The highest BCUT2D eigenvalue weighted by Gasteiger charge is 2.41. The molecular formula is C18H27N3O3. The number of fused-ring (bicyclic) bond motifs is 1. The minimum atomic E-state index is -0.374. The maximum absolute atomic E-state index is 12.5. The van der Waals surface area contributed by atoms with Crippen molar-refractivity contribution in [2.24, 2.45) is 5.92 Å². The van der Waals surface area contributed by atoms with Crippen LogP contribution in [-0.2, 0) is 27.2 Å². The number of hydrogen-bond donors (Lipinski definition) is 1. The van der Waals surface area contributed by atoms with Crippen molar-refractivity contribution in [3.8, 4) is 0 Å². The Morgan fingerprint density at radius 3 is 3.00 bits per heavy atom. The quantitative estimate of drug-likeness (QED) is 0.919. The second-order valence-electron chi connectivity index (χ2n) is 7.35. The maximum atomic E-state index is 12.5. The molecular weight excluding hydrogens is 306 g/mol. The molecule has 0 aromatic carbocycles. The second kappa shape index (κ2) is 6.84. The highest BCUT2D eigenvalue weighted by Crippen LogP contribution is 2.36. The van der Waals surface area contributed by atoms with Crippen molar-refractivity contribution < 1.29 is 14.3 Å². The van der Waals surface area contributed by atoms with Gasteiger partial charge in [-0.15, -0.1) is 0 Å². The molecule has 1 aliphatic carbocycles. The third kappa shape index (κ3) is 3.35. The molecule has 3 heterocycles. The molecule has 6 nitrogen and oxygen atoms in total. The average Bonchev–Trinajstić information content (AvgIpc) is 3.15. The Bertz CT molecular complexity index is 578. The van der Waals surface area contributed by atoms with Crippen molar-refractivity contribution in [3.63, 3.8) is 0 Å². The number of aromatic nitrogens is 2. The summed E-state index contributed by atoms with van der Waals surface area (Å²) in [4.78, 5) is 16.8. The Hall–Kier alpha value is -1.40. The molecule has 1 saturated carbocycles. The van der Waals surface area contributed by atoms with Gasteiger partial charge in [-0.3, -0.25) is 4.79 Å². The zero-order valence-corrected chi connectivity index (χ0v) is 14.2. The predicted octanol–water partition coefficient (Wildman–Crippen LogP) is 2.03. The van der Waals surface area contributed by atoms with Gasteiger partial charge in [0, 0.05) is 50.7 Å². The molecule has 1 amide bonds. The monoisotopic (exact) mass is 333 g/mol. The average molecular weight is 333 g/mol. The van der Waals surface area contributed by atoms with Gasteiger partial charge in [0.2, 0.25) is 5.91 Å². The van der Waals surface area contributed by atoms with Gasteiger partial charge in [0.25, 0.3) is 0 Å². The lowest BCUT2D eigenvalue weighted by molar-refractivity contribution is -0.175. The molecule has 0 bridgehead atoms. The number of nitrogens with zero attached hydrogens (tertiary/aromatic N) is 2. The first-order valence-electron chi connectivity index (χ1n) is 9.34. The number of aryl methyl sites for hydroxylation is 1. The van der Waals surface area contributed by atoms with Crippen molar-refractivity contribution in [2.75, 3.05) is 13.2 Å². The molecule has 1 aromatic rings. The van der Waals surface area contributed by atoms with Gasteiger partial charge in [-0.1, -0.05) is 12.8 Å². The van der Waals surface area contributed by atoms with Crippen molar-refractivity contribution in [1.82, 2.24) is 14.9 Å². The zero-order valence-electron chi connectivity index (χ0n) is 14.2. The van der Waals surface area contributed by atoms with Gasteiger partial charge in [0.15, 0.2) is 5.79 Å². The Labute approximate surface area is 142 Å². The molecule has 132 valence electrons. The van der Waals surface area contributed by atoms with E-state index in [9.17, 15) is 4.79 Å². The number of ether oxygens (including phenoxy) is 2. The molecule has 24 heavy (non-hydrogen) atoms. The summed E-state index contributed by atoms with van der Waals surface area (Å²) in [6, 6.07) is 0. The summed E-state index contributed by atoms with van der Waals surface area (Å²) in [5, 5.41) is 3.07. The molecule has 1 N–H and O–H groups in total. The molecule has 2 fully saturated rings. The lowest BCUT2D eigenvalue weighted by Crippen LogP contribution is -2.40. The van der Waals surface area contributed by atoms with Gasteiger partial charge >= 0.3 is 0 Å². The lowest BCUT2D eigenvalue weighted by Gasteiger charge is -2.27. The number of amides is 1. The fourth-order valence-corrected chi connectivity index (χ4v) is 4.18. The molecule has 3 aliphatic rings. The van der Waals surface area contributed by atoms with E-state index < -0.39 is 0 Å². The van der Waals surface area contributed by atoms with E-state index in [2.05, 4.69) is 14.9 Å². The normalized spacial score (nSPS) is 29.2. The van der Waals surface area contributed by atoms with Crippen LogP contribution in [0.15, 0.2) is 12.4 Å². The summed E-state index contributed by atoms with van der Waals surface area (Å²) in [6.07, 6.45) is 12.3. The first-order chi connectivity index (χ1) is 11.7. The van der Waals surface area contributed by atoms with Crippen LogP contribution < -0.4 is 5.32 Å². The van der Waals surface area contributed by atoms with Gasteiger partial charge in [0.1, 0.15) is 11.9 Å². The van der Waals surface area contributed by atoms with E-state index in [0.29, 0.717) is 13.2 Å². The van der Waals surface area contributed by atoms with Crippen molar-refractivity contribution in [1.29, 1.82) is 0 Å². The first-order valence-corrected chi connectivity index (χ1v) is 9.34. The van der Waals surface area contributed by atoms with Gasteiger partial charge in [-0.25, -0.2) is 4.98 Å². The highest BCUT2D eigenvalue weighted by molar-refractivity contribution is 5.79. The molecule has 4 rings (SSSR count). The van der Waals surface area contributed by atoms with Crippen LogP contribution >= 0.6 is 0 Å². The number of carbonyl (C=O) groups is 1. The van der Waals surface area contributed by atoms with Gasteiger partial charge in [-0.2, -0.15) is 0 Å². The third-order valence-electron chi connectivity index (χ3n) is 5.60. The second-order valence-corrected chi connectivity index (χ2v) is 7.35. The zero-order chi connectivity index (χ0) is 16.4. The van der Waals surface area contributed by atoms with E-state index >= 15 is 0 Å². The van der Waals surface area contributed by atoms with E-state index in [1.54, 1.807) is 0 Å². The number of nitrogens with one attached hydrogen (secondary N) is 1. The van der Waals surface area contributed by atoms with Crippen LogP contribution in [0.5, 0.6) is 0 Å². The largest absolute Gasteiger partial charge is 0.353 e. The molecule has 1 aromatic heterocycles. The third-order valence-corrected chi connectivity index (χ3v) is 5.60. The van der Waals surface area contributed by atoms with Crippen molar-refractivity contribution in [3.05, 3.63) is 18.2 Å². The number of carbonyl (C=O) groups excluding carboxylic acids is 1. The van der Waals surface area contributed by atoms with E-state index in [1.807, 2.05) is 12.4 Å². The van der Waals surface area contributed by atoms with Crippen LogP contribution in [0, 0.1) is 5.92 Å². The minimum Gasteiger partial charge on any atom is -0.353 e. The fourth-order valence-electron chi connectivity index (χ4n) is 4.18. The van der Waals surface area contributed by atoms with Gasteiger partial charge in [-0.05, 0) is 19.3 Å². The molecule has 2 aliphatic heterocycles. The van der Waals surface area contributed by atoms with Gasteiger partial charge in [0.05, 0.1) is 6.61 Å². The molecule has 0 unspecified atom stereocenters. The van der Waals surface area contributed by atoms with E-state index in [1.165, 1.54) is 25.7 Å². The van der Waals surface area contributed by atoms with Crippen LogP contribution in [0.1, 0.15) is 50.8 Å². The van der Waals surface area contributed by atoms with Crippen LogP contribution in [0.4, 0.5) is 0 Å². The van der Waals surface area contributed by atoms with Crippen molar-refractivity contribution >= 4 is 5.91 Å². The van der Waals surface area contributed by atoms with Crippen LogP contribution in [0.2, 0.25) is 0 Å². The predicted molar refractivity (Wildman–Crippen MR) is 88.3 cm³/mol. The first kappa shape index (κ1) is 16.1. The molecule has 1 spiro atoms. The van der Waals surface area contributed by atoms with Crippen molar-refractivity contribution in [2.45, 2.75) is 69.8 Å². The lowest BCUT2D eigenvalue weighted by atomic mass is 9.97. The molecule has 2 atom stereocenters. The Morgan fingerprint density at radius 1 is 1.33 bits per heavy atom. The van der Waals surface area contributed by atoms with Crippen LogP contribution in [-0.4, -0.2) is 40.5 Å². The Kier molecular flexibility index (Phi) is 4.59. The number of hydrogen-bond acceptors (Lipinski definition) is 4. The molecule has 6 heteroatoms. The Balaban J connectivity index is 1.26. The minimum absolute atomic E-state index is 0.0161. The SMILES string of the molecule is O=C(NC[C@H]1COC2(CCCCCC2)O1)[C@H]1CCn2ccnc2C1. The Morgan fingerprint density at radius 2 is 2.17 bits per heavy atom. The smallest absolute Gasteiger partial charge is 0.223 e. The maximum Gasteiger partial charge on any atom is 0.223 e. The fraction of sp³-hybridized carbons (Fsp3) is 0.778. The standard InChI is InChI=1S/C18H27N3O3/c22-17(14-5-9-21-10-8-19-16(21)11-14)20-12-15-13-23-18(24-15)6-3-1-2-4-7-18/h8,10,14-15H,1-7,9,11-13H2,(H,20,22)/t14-,15-/m0/s1. The summed E-state index contributed by atoms with van der Waals surface area (Å²) in [5.41, 5.74) is 0. The molecule has 1 saturated heterocycles. The summed E-state index contributed by atoms with van der Waals surface area (Å²) >= 11 is 0. The number of imidazole rings is 1. The van der Waals surface area contributed by atoms with Crippen LogP contribution in [0.25, 0.3) is 0 Å². The van der Waals surface area contributed by atoms with E-state index in [-0.39, 0.29) is 23.7 Å². The number of rotatable bonds is 3. The summed E-state index contributed by atoms with van der Waals surface area (Å²) < 4.78 is 14.3. The van der Waals surface area contributed by atoms with E-state index in [4.69, 9.17) is 9.47 Å². The summed E-state index contributed by atoms with van der Waals surface area (Å²) in [7, 11) is 0. The topological polar surface area (TPSA) is 65.4 Å². The molecule has 0 radical (unpaired) electrons. The van der Waals surface area contributed by atoms with Crippen LogP contribution in [0.3, 0.4) is 0 Å². The summed E-state index contributed by atoms with van der Waals surface area (Å²) in [5.74, 6) is 0.782. The van der Waals surface area contributed by atoms with E-state index in [0.717, 1.165) is 38.1 Å².